The molecule has 0 radical (unpaired) electrons. The number of aryl methyl sites for hydroxylation is 2. The number of allylic oxidation sites excluding steroid dienone is 4. The zero-order valence-electron chi connectivity index (χ0n) is 36.7. The van der Waals surface area contributed by atoms with Crippen molar-refractivity contribution in [2.45, 2.75) is 90.9 Å². The van der Waals surface area contributed by atoms with Crippen molar-refractivity contribution in [1.29, 1.82) is 0 Å². The largest absolute Gasteiger partial charge is 0.343 e. The summed E-state index contributed by atoms with van der Waals surface area (Å²) in [5.74, 6) is -0.699. The number of pyridine rings is 2. The quantitative estimate of drug-likeness (QED) is 0.0717. The predicted octanol–water partition coefficient (Wildman–Crippen LogP) is 11.6. The van der Waals surface area contributed by atoms with Crippen molar-refractivity contribution in [2.24, 2.45) is 0 Å². The van der Waals surface area contributed by atoms with Gasteiger partial charge in [-0.2, -0.15) is 21.4 Å². The standard InChI is InChI=1S/C49H54N4O6S4/c1-7-20-48(5)38-28-36(40-16-14-32(3)30-50-40)47-35(19-25-61-47)45(38)53(23-11-27-63(57,58)59)42(48)12-9-13-43-49(6,21-10-26-62(54,55)56)39-29-37(41-17-15-33(4)31-51-41)46-34(18-24-60-46)44(39)52(43)22-8-2/h9,12-19,24-25,28-31H,7-8,10-11,20-23,26-27H2,1-6H3,(H-,54,55,56,57,58,59)/p+1/t48-,49-/m0/s1. The van der Waals surface area contributed by atoms with Crippen LogP contribution in [0.25, 0.3) is 42.7 Å². The number of hydrogen-bond acceptors (Lipinski definition) is 9. The van der Waals surface area contributed by atoms with Crippen LogP contribution in [0.3, 0.4) is 0 Å². The van der Waals surface area contributed by atoms with E-state index in [2.05, 4.69) is 115 Å². The molecular weight excluding hydrogens is 869 g/mol. The molecule has 63 heavy (non-hydrogen) atoms. The molecule has 0 saturated carbocycles. The van der Waals surface area contributed by atoms with Gasteiger partial charge in [0.2, 0.25) is 5.69 Å². The van der Waals surface area contributed by atoms with Gasteiger partial charge in [-0.05, 0) is 123 Å². The van der Waals surface area contributed by atoms with Gasteiger partial charge in [0.05, 0.1) is 44.1 Å². The third-order valence-corrected chi connectivity index (χ3v) is 16.3. The van der Waals surface area contributed by atoms with Crippen molar-refractivity contribution >= 4 is 80.2 Å². The Morgan fingerprint density at radius 2 is 1.33 bits per heavy atom. The number of rotatable bonds is 16. The fraction of sp³-hybridized carbons (Fsp3) is 0.367. The lowest BCUT2D eigenvalue weighted by Gasteiger charge is -2.30. The Morgan fingerprint density at radius 3 is 1.90 bits per heavy atom. The molecule has 4 aromatic heterocycles. The second-order valence-corrected chi connectivity index (χ2v) is 22.4. The Kier molecular flexibility index (Phi) is 12.5. The Morgan fingerprint density at radius 1 is 0.746 bits per heavy atom. The van der Waals surface area contributed by atoms with Crippen LogP contribution in [0.15, 0.2) is 95.6 Å². The number of anilines is 1. The van der Waals surface area contributed by atoms with E-state index in [1.807, 2.05) is 26.2 Å². The molecule has 6 heterocycles. The first-order valence-corrected chi connectivity index (χ1v) is 26.6. The molecule has 10 nitrogen and oxygen atoms in total. The number of benzene rings is 2. The molecule has 0 fully saturated rings. The van der Waals surface area contributed by atoms with Crippen molar-refractivity contribution in [3.05, 3.63) is 118 Å². The van der Waals surface area contributed by atoms with E-state index in [-0.39, 0.29) is 24.3 Å². The molecule has 0 bridgehead atoms. The molecular formula is C49H55N4O6S4+. The average Bonchev–Trinajstić information content (AvgIpc) is 4.00. The Bertz CT molecular complexity index is 3040. The topological polar surface area (TPSA) is 141 Å². The van der Waals surface area contributed by atoms with Crippen LogP contribution in [-0.4, -0.2) is 70.8 Å². The van der Waals surface area contributed by atoms with Crippen LogP contribution >= 0.6 is 22.7 Å². The van der Waals surface area contributed by atoms with Crippen molar-refractivity contribution < 1.29 is 30.5 Å². The first kappa shape index (κ1) is 45.0. The summed E-state index contributed by atoms with van der Waals surface area (Å²) < 4.78 is 72.6. The molecule has 14 heteroatoms. The predicted molar refractivity (Wildman–Crippen MR) is 261 cm³/mol. The van der Waals surface area contributed by atoms with Crippen molar-refractivity contribution in [3.63, 3.8) is 0 Å². The third kappa shape index (κ3) is 8.58. The van der Waals surface area contributed by atoms with Gasteiger partial charge < -0.3 is 4.90 Å². The molecule has 330 valence electrons. The Balaban J connectivity index is 1.32. The maximum absolute atomic E-state index is 12.1. The molecule has 2 N–H and O–H groups in total. The highest BCUT2D eigenvalue weighted by molar-refractivity contribution is 7.86. The van der Waals surface area contributed by atoms with Gasteiger partial charge in [-0.3, -0.25) is 19.1 Å². The highest BCUT2D eigenvalue weighted by Gasteiger charge is 2.49. The third-order valence-electron chi connectivity index (χ3n) is 12.8. The zero-order chi connectivity index (χ0) is 44.9. The maximum Gasteiger partial charge on any atom is 0.265 e. The summed E-state index contributed by atoms with van der Waals surface area (Å²) >= 11 is 3.35. The maximum atomic E-state index is 12.1. The minimum atomic E-state index is -4.19. The summed E-state index contributed by atoms with van der Waals surface area (Å²) in [5.41, 5.74) is 11.4. The van der Waals surface area contributed by atoms with E-state index in [0.29, 0.717) is 13.0 Å². The van der Waals surface area contributed by atoms with E-state index in [0.717, 1.165) is 114 Å². The lowest BCUT2D eigenvalue weighted by molar-refractivity contribution is -0.435. The monoisotopic (exact) mass is 923 g/mol. The SMILES string of the molecule is CCCN1/C(=C/C=C/C2=[N+](CCCS(=O)(=O)O)c3c(cc(-c4ccc(C)cn4)c4sccc34)[C@]2(C)CCC)[C@@](C)(CCCS(=O)(=O)O)c2cc(-c3ccc(C)cn3)c3sccc3c21. The molecule has 0 saturated heterocycles. The zero-order valence-corrected chi connectivity index (χ0v) is 39.9. The molecule has 2 atom stereocenters. The van der Waals surface area contributed by atoms with Crippen LogP contribution in [-0.2, 0) is 31.1 Å². The number of nitrogens with zero attached hydrogens (tertiary/aromatic N) is 4. The van der Waals surface area contributed by atoms with Crippen LogP contribution in [0, 0.1) is 13.8 Å². The van der Waals surface area contributed by atoms with Gasteiger partial charge in [-0.15, -0.1) is 22.7 Å². The van der Waals surface area contributed by atoms with E-state index >= 15 is 0 Å². The summed E-state index contributed by atoms with van der Waals surface area (Å²) in [5, 5.41) is 6.42. The normalized spacial score (nSPS) is 19.7. The smallest absolute Gasteiger partial charge is 0.265 e. The van der Waals surface area contributed by atoms with Gasteiger partial charge in [0, 0.05) is 69.3 Å². The van der Waals surface area contributed by atoms with Crippen molar-refractivity contribution in [1.82, 2.24) is 9.97 Å². The molecule has 0 unspecified atom stereocenters. The van der Waals surface area contributed by atoms with Crippen LogP contribution in [0.1, 0.15) is 88.5 Å². The van der Waals surface area contributed by atoms with E-state index in [1.165, 1.54) is 0 Å². The average molecular weight is 924 g/mol. The fourth-order valence-electron chi connectivity index (χ4n) is 9.93. The molecule has 0 aliphatic carbocycles. The van der Waals surface area contributed by atoms with Crippen LogP contribution < -0.4 is 4.90 Å². The van der Waals surface area contributed by atoms with Crippen LogP contribution in [0.4, 0.5) is 11.4 Å². The minimum absolute atomic E-state index is 0.228. The number of hydrogen-bond donors (Lipinski definition) is 2. The van der Waals surface area contributed by atoms with Gasteiger partial charge in [-0.25, -0.2) is 0 Å². The summed E-state index contributed by atoms with van der Waals surface area (Å²) in [7, 11) is -8.38. The highest BCUT2D eigenvalue weighted by Crippen LogP contribution is 2.56. The molecule has 0 amide bonds. The highest BCUT2D eigenvalue weighted by atomic mass is 32.2. The molecule has 6 aromatic rings. The minimum Gasteiger partial charge on any atom is -0.343 e. The number of aromatic nitrogens is 2. The van der Waals surface area contributed by atoms with E-state index < -0.39 is 31.1 Å². The van der Waals surface area contributed by atoms with Crippen LogP contribution in [0.5, 0.6) is 0 Å². The van der Waals surface area contributed by atoms with Gasteiger partial charge in [0.15, 0.2) is 5.71 Å². The lowest BCUT2D eigenvalue weighted by Crippen LogP contribution is -2.32. The first-order chi connectivity index (χ1) is 30.0. The number of thiophene rings is 2. The molecule has 2 aliphatic heterocycles. The first-order valence-electron chi connectivity index (χ1n) is 21.6. The second kappa shape index (κ2) is 17.4. The van der Waals surface area contributed by atoms with Crippen LogP contribution in [0.2, 0.25) is 0 Å². The molecule has 0 spiro atoms. The van der Waals surface area contributed by atoms with Gasteiger partial charge in [0.1, 0.15) is 6.54 Å². The lowest BCUT2D eigenvalue weighted by atomic mass is 9.74. The molecule has 2 aromatic carbocycles. The summed E-state index contributed by atoms with van der Waals surface area (Å²) in [6.45, 7) is 14.0. The Labute approximate surface area is 379 Å². The van der Waals surface area contributed by atoms with E-state index in [1.54, 1.807) is 22.7 Å². The summed E-state index contributed by atoms with van der Waals surface area (Å²) in [6, 6.07) is 17.1. The van der Waals surface area contributed by atoms with E-state index in [4.69, 9.17) is 9.97 Å². The van der Waals surface area contributed by atoms with Gasteiger partial charge in [0.25, 0.3) is 20.2 Å². The van der Waals surface area contributed by atoms with Crippen molar-refractivity contribution in [2.75, 3.05) is 29.5 Å². The Hall–Kier alpha value is -4.57. The van der Waals surface area contributed by atoms with Crippen molar-refractivity contribution in [3.8, 4) is 22.5 Å². The van der Waals surface area contributed by atoms with Gasteiger partial charge >= 0.3 is 0 Å². The molecule has 2 aliphatic rings. The molecule has 8 rings (SSSR count). The van der Waals surface area contributed by atoms with E-state index in [9.17, 15) is 25.9 Å². The second-order valence-electron chi connectivity index (χ2n) is 17.5. The number of fused-ring (bicyclic) bond motifs is 6. The summed E-state index contributed by atoms with van der Waals surface area (Å²) in [6.07, 6.45) is 13.8. The van der Waals surface area contributed by atoms with Gasteiger partial charge in [-0.1, -0.05) is 38.5 Å². The fourth-order valence-corrected chi connectivity index (χ4v) is 12.8. The summed E-state index contributed by atoms with van der Waals surface area (Å²) in [4.78, 5) is 12.1.